The van der Waals surface area contributed by atoms with Crippen LogP contribution in [0.15, 0.2) is 48.5 Å². The number of fused-ring (bicyclic) bond motifs is 1. The van der Waals surface area contributed by atoms with Gasteiger partial charge in [-0.2, -0.15) is 0 Å². The highest BCUT2D eigenvalue weighted by molar-refractivity contribution is 5.93. The van der Waals surface area contributed by atoms with Crippen LogP contribution in [-0.2, 0) is 24.2 Å². The van der Waals surface area contributed by atoms with Crippen molar-refractivity contribution >= 4 is 11.6 Å². The van der Waals surface area contributed by atoms with Crippen LogP contribution < -0.4 is 5.32 Å². The van der Waals surface area contributed by atoms with Gasteiger partial charge in [0.25, 0.3) is 0 Å². The zero-order valence-corrected chi connectivity index (χ0v) is 15.0. The van der Waals surface area contributed by atoms with Crippen LogP contribution in [0.25, 0.3) is 11.4 Å². The second kappa shape index (κ2) is 7.70. The molecule has 2 aromatic carbocycles. The molecule has 5 nitrogen and oxygen atoms in total. The van der Waals surface area contributed by atoms with Crippen molar-refractivity contribution in [2.75, 3.05) is 5.32 Å². The number of aromatic nitrogens is 3. The van der Waals surface area contributed by atoms with Gasteiger partial charge in [0, 0.05) is 18.5 Å². The molecule has 0 aliphatic carbocycles. The minimum Gasteiger partial charge on any atom is -0.323 e. The third kappa shape index (κ3) is 3.89. The fourth-order valence-corrected chi connectivity index (χ4v) is 3.43. The van der Waals surface area contributed by atoms with Gasteiger partial charge in [-0.3, -0.25) is 4.79 Å². The molecule has 0 saturated carbocycles. The molecule has 0 fully saturated rings. The lowest BCUT2D eigenvalue weighted by atomic mass is 10.1. The molecule has 0 spiro atoms. The molecule has 4 rings (SSSR count). The molecule has 0 atom stereocenters. The molecule has 1 aliphatic rings. The summed E-state index contributed by atoms with van der Waals surface area (Å²) in [7, 11) is 0. The lowest BCUT2D eigenvalue weighted by Crippen LogP contribution is -2.15. The molecule has 0 saturated heterocycles. The predicted molar refractivity (Wildman–Crippen MR) is 102 cm³/mol. The van der Waals surface area contributed by atoms with Gasteiger partial charge in [-0.1, -0.05) is 36.8 Å². The van der Waals surface area contributed by atoms with Gasteiger partial charge in [-0.25, -0.2) is 4.39 Å². The summed E-state index contributed by atoms with van der Waals surface area (Å²) in [4.78, 5) is 12.3. The Kier molecular flexibility index (Phi) is 4.96. The van der Waals surface area contributed by atoms with Gasteiger partial charge in [-0.05, 0) is 36.6 Å². The number of benzene rings is 2. The van der Waals surface area contributed by atoms with E-state index in [1.807, 2.05) is 30.3 Å². The van der Waals surface area contributed by atoms with Gasteiger partial charge in [0.1, 0.15) is 11.6 Å². The van der Waals surface area contributed by atoms with Crippen molar-refractivity contribution in [1.29, 1.82) is 0 Å². The number of carbonyl (C=O) groups is 1. The molecule has 1 N–H and O–H groups in total. The Labute approximate surface area is 157 Å². The second-order valence-corrected chi connectivity index (χ2v) is 6.81. The normalized spacial score (nSPS) is 13.7. The van der Waals surface area contributed by atoms with Crippen LogP contribution >= 0.6 is 0 Å². The first-order valence-corrected chi connectivity index (χ1v) is 9.26. The van der Waals surface area contributed by atoms with Crippen LogP contribution in [-0.4, -0.2) is 20.7 Å². The molecule has 27 heavy (non-hydrogen) atoms. The topological polar surface area (TPSA) is 59.8 Å². The van der Waals surface area contributed by atoms with Crippen LogP contribution in [0.2, 0.25) is 0 Å². The molecule has 3 aromatic rings. The van der Waals surface area contributed by atoms with Gasteiger partial charge in [0.2, 0.25) is 5.91 Å². The third-order valence-corrected chi connectivity index (χ3v) is 4.82. The van der Waals surface area contributed by atoms with Crippen molar-refractivity contribution in [3.05, 3.63) is 65.7 Å². The summed E-state index contributed by atoms with van der Waals surface area (Å²) in [5.41, 5.74) is 1.81. The van der Waals surface area contributed by atoms with E-state index in [-0.39, 0.29) is 18.0 Å². The summed E-state index contributed by atoms with van der Waals surface area (Å²) in [5.74, 6) is 0.986. The monoisotopic (exact) mass is 364 g/mol. The Morgan fingerprint density at radius 1 is 1.07 bits per heavy atom. The molecule has 1 aliphatic heterocycles. The Hall–Kier alpha value is -3.02. The molecule has 0 bridgehead atoms. The summed E-state index contributed by atoms with van der Waals surface area (Å²) >= 11 is 0. The van der Waals surface area contributed by atoms with Crippen molar-refractivity contribution in [1.82, 2.24) is 14.8 Å². The number of hydrogen-bond acceptors (Lipinski definition) is 3. The molecule has 0 unspecified atom stereocenters. The smallest absolute Gasteiger partial charge is 0.228 e. The summed E-state index contributed by atoms with van der Waals surface area (Å²) in [6.45, 7) is 0.866. The van der Waals surface area contributed by atoms with Crippen molar-refractivity contribution in [3.8, 4) is 11.4 Å². The van der Waals surface area contributed by atoms with Crippen molar-refractivity contribution in [3.63, 3.8) is 0 Å². The first-order valence-electron chi connectivity index (χ1n) is 9.26. The van der Waals surface area contributed by atoms with Gasteiger partial charge >= 0.3 is 0 Å². The van der Waals surface area contributed by atoms with E-state index >= 15 is 0 Å². The Bertz CT molecular complexity index is 952. The fourth-order valence-electron chi connectivity index (χ4n) is 3.43. The van der Waals surface area contributed by atoms with E-state index < -0.39 is 5.82 Å². The average Bonchev–Trinajstić information content (AvgIpc) is 2.92. The molecular formula is C21H21FN4O. The maximum Gasteiger partial charge on any atom is 0.228 e. The number of aryl methyl sites for hydroxylation is 1. The zero-order valence-electron chi connectivity index (χ0n) is 15.0. The number of halogens is 1. The van der Waals surface area contributed by atoms with E-state index in [0.717, 1.165) is 48.6 Å². The summed E-state index contributed by atoms with van der Waals surface area (Å²) < 4.78 is 16.4. The molecule has 138 valence electrons. The largest absolute Gasteiger partial charge is 0.323 e. The highest BCUT2D eigenvalue weighted by Gasteiger charge is 2.17. The number of hydrogen-bond donors (Lipinski definition) is 1. The lowest BCUT2D eigenvalue weighted by molar-refractivity contribution is -0.115. The number of nitrogens with one attached hydrogen (secondary N) is 1. The maximum atomic E-state index is 14.3. The second-order valence-electron chi connectivity index (χ2n) is 6.81. The summed E-state index contributed by atoms with van der Waals surface area (Å²) in [6, 6.07) is 14.1. The van der Waals surface area contributed by atoms with E-state index in [9.17, 15) is 9.18 Å². The summed E-state index contributed by atoms with van der Waals surface area (Å²) in [5, 5.41) is 11.3. The predicted octanol–water partition coefficient (Wildman–Crippen LogP) is 3.99. The number of rotatable bonds is 4. The fraction of sp³-hybridized carbons (Fsp3) is 0.286. The highest BCUT2D eigenvalue weighted by Crippen LogP contribution is 2.26. The Balaban J connectivity index is 1.57. The van der Waals surface area contributed by atoms with Crippen LogP contribution in [0, 0.1) is 5.82 Å². The SMILES string of the molecule is O=C(Cc1ccccc1)Nc1cc(-c2nnc3n2CCCCC3)ccc1F. The molecule has 0 radical (unpaired) electrons. The lowest BCUT2D eigenvalue weighted by Gasteiger charge is -2.10. The van der Waals surface area contributed by atoms with Crippen LogP contribution in [0.4, 0.5) is 10.1 Å². The van der Waals surface area contributed by atoms with Gasteiger partial charge < -0.3 is 9.88 Å². The van der Waals surface area contributed by atoms with Crippen molar-refractivity contribution in [2.24, 2.45) is 0 Å². The summed E-state index contributed by atoms with van der Waals surface area (Å²) in [6.07, 6.45) is 4.48. The van der Waals surface area contributed by atoms with Gasteiger partial charge in [0.15, 0.2) is 5.82 Å². The zero-order chi connectivity index (χ0) is 18.6. The van der Waals surface area contributed by atoms with Crippen LogP contribution in [0.3, 0.4) is 0 Å². The Morgan fingerprint density at radius 3 is 2.78 bits per heavy atom. The minimum absolute atomic E-state index is 0.166. The van der Waals surface area contributed by atoms with Crippen molar-refractivity contribution in [2.45, 2.75) is 38.6 Å². The standard InChI is InChI=1S/C21H21FN4O/c22-17-11-10-16(21-25-24-19-9-5-2-6-12-26(19)21)14-18(17)23-20(27)13-15-7-3-1-4-8-15/h1,3-4,7-8,10-11,14H,2,5-6,9,12-13H2,(H,23,27). The number of amides is 1. The highest BCUT2D eigenvalue weighted by atomic mass is 19.1. The number of nitrogens with zero attached hydrogens (tertiary/aromatic N) is 3. The number of carbonyl (C=O) groups excluding carboxylic acids is 1. The van der Waals surface area contributed by atoms with Crippen LogP contribution in [0.5, 0.6) is 0 Å². The average molecular weight is 364 g/mol. The molecule has 1 aromatic heterocycles. The molecular weight excluding hydrogens is 343 g/mol. The quantitative estimate of drug-likeness (QED) is 0.761. The van der Waals surface area contributed by atoms with E-state index in [1.165, 1.54) is 12.5 Å². The third-order valence-electron chi connectivity index (χ3n) is 4.82. The molecule has 2 heterocycles. The molecule has 6 heteroatoms. The first kappa shape index (κ1) is 17.4. The first-order chi connectivity index (χ1) is 13.2. The number of anilines is 1. The van der Waals surface area contributed by atoms with Crippen LogP contribution in [0.1, 0.15) is 30.7 Å². The van der Waals surface area contributed by atoms with Gasteiger partial charge in [0.05, 0.1) is 12.1 Å². The van der Waals surface area contributed by atoms with E-state index in [0.29, 0.717) is 0 Å². The van der Waals surface area contributed by atoms with E-state index in [4.69, 9.17) is 0 Å². The Morgan fingerprint density at radius 2 is 1.93 bits per heavy atom. The van der Waals surface area contributed by atoms with E-state index in [2.05, 4.69) is 20.1 Å². The van der Waals surface area contributed by atoms with Crippen molar-refractivity contribution < 1.29 is 9.18 Å². The van der Waals surface area contributed by atoms with Gasteiger partial charge in [-0.15, -0.1) is 10.2 Å². The molecule has 1 amide bonds. The van der Waals surface area contributed by atoms with E-state index in [1.54, 1.807) is 12.1 Å². The minimum atomic E-state index is -0.462. The maximum absolute atomic E-state index is 14.3.